The Morgan fingerprint density at radius 3 is 2.17 bits per heavy atom. The number of hydrogen-bond donors (Lipinski definition) is 1. The van der Waals surface area contributed by atoms with Gasteiger partial charge >= 0.3 is 0 Å². The molecule has 2 heterocycles. The topological polar surface area (TPSA) is 52.7 Å². The highest BCUT2D eigenvalue weighted by Crippen LogP contribution is 2.25. The van der Waals surface area contributed by atoms with Crippen molar-refractivity contribution in [1.29, 1.82) is 0 Å². The minimum Gasteiger partial charge on any atom is -0.315 e. The van der Waals surface area contributed by atoms with Gasteiger partial charge in [0.25, 0.3) is 0 Å². The summed E-state index contributed by atoms with van der Waals surface area (Å²) in [5.74, 6) is -3.94. The minimum absolute atomic E-state index is 0.162. The van der Waals surface area contributed by atoms with E-state index in [-0.39, 0.29) is 13.1 Å². The molecule has 0 radical (unpaired) electrons. The maximum absolute atomic E-state index is 13.8. The van der Waals surface area contributed by atoms with Crippen LogP contribution in [0.3, 0.4) is 0 Å². The van der Waals surface area contributed by atoms with Crippen LogP contribution in [0.15, 0.2) is 17.0 Å². The molecule has 0 aromatic heterocycles. The molecule has 23 heavy (non-hydrogen) atoms. The molecule has 0 amide bonds. The van der Waals surface area contributed by atoms with E-state index >= 15 is 0 Å². The fourth-order valence-electron chi connectivity index (χ4n) is 3.16. The molecule has 5 nitrogen and oxygen atoms in total. The second-order valence-electron chi connectivity index (χ2n) is 5.79. The van der Waals surface area contributed by atoms with Crippen molar-refractivity contribution in [3.05, 3.63) is 29.6 Å². The largest absolute Gasteiger partial charge is 0.315 e. The molecule has 2 aliphatic rings. The number of rotatable bonds is 3. The highest BCUT2D eigenvalue weighted by molar-refractivity contribution is 7.89. The van der Waals surface area contributed by atoms with Crippen molar-refractivity contribution in [2.75, 3.05) is 39.3 Å². The lowest BCUT2D eigenvalue weighted by atomic mass is 10.2. The monoisotopic (exact) mass is 349 g/mol. The zero-order valence-corrected chi connectivity index (χ0v) is 13.3. The number of nitrogens with zero attached hydrogens (tertiary/aromatic N) is 2. The van der Waals surface area contributed by atoms with E-state index in [1.54, 1.807) is 0 Å². The third kappa shape index (κ3) is 3.23. The molecule has 0 saturated carbocycles. The predicted molar refractivity (Wildman–Crippen MR) is 77.9 cm³/mol. The van der Waals surface area contributed by atoms with Gasteiger partial charge in [-0.25, -0.2) is 21.6 Å². The van der Waals surface area contributed by atoms with Gasteiger partial charge in [-0.2, -0.15) is 4.31 Å². The molecule has 128 valence electrons. The fourth-order valence-corrected chi connectivity index (χ4v) is 4.68. The predicted octanol–water partition coefficient (Wildman–Crippen LogP) is 0.772. The Morgan fingerprint density at radius 2 is 1.65 bits per heavy atom. The average Bonchev–Trinajstić information content (AvgIpc) is 3.00. The average molecular weight is 349 g/mol. The fraction of sp³-hybridized carbons (Fsp3) is 0.571. The van der Waals surface area contributed by atoms with Gasteiger partial charge in [0.15, 0.2) is 4.90 Å². The molecular formula is C14H18F3N3O2S. The molecular weight excluding hydrogens is 331 g/mol. The van der Waals surface area contributed by atoms with Crippen molar-refractivity contribution in [3.8, 4) is 0 Å². The lowest BCUT2D eigenvalue weighted by Crippen LogP contribution is -2.52. The van der Waals surface area contributed by atoms with Gasteiger partial charge in [0.2, 0.25) is 10.0 Å². The van der Waals surface area contributed by atoms with E-state index in [4.69, 9.17) is 0 Å². The number of halogens is 3. The summed E-state index contributed by atoms with van der Waals surface area (Å²) in [6.07, 6.45) is 1.01. The summed E-state index contributed by atoms with van der Waals surface area (Å²) in [5, 5.41) is 3.25. The molecule has 1 unspecified atom stereocenters. The summed E-state index contributed by atoms with van der Waals surface area (Å²) in [5.41, 5.74) is 0. The maximum atomic E-state index is 13.8. The van der Waals surface area contributed by atoms with Gasteiger partial charge in [-0.3, -0.25) is 4.90 Å². The summed E-state index contributed by atoms with van der Waals surface area (Å²) in [6.45, 7) is 3.15. The van der Waals surface area contributed by atoms with E-state index < -0.39 is 32.4 Å². The molecule has 1 atom stereocenters. The molecule has 3 rings (SSSR count). The van der Waals surface area contributed by atoms with Crippen LogP contribution in [0.25, 0.3) is 0 Å². The Bertz CT molecular complexity index is 662. The smallest absolute Gasteiger partial charge is 0.249 e. The summed E-state index contributed by atoms with van der Waals surface area (Å²) in [7, 11) is -4.31. The van der Waals surface area contributed by atoms with Crippen molar-refractivity contribution in [3.63, 3.8) is 0 Å². The van der Waals surface area contributed by atoms with Crippen LogP contribution < -0.4 is 5.32 Å². The number of sulfonamides is 1. The SMILES string of the molecule is O=S(=O)(c1c(F)cc(F)cc1F)N1CCN(C2CCNC2)CC1. The molecule has 1 N–H and O–H groups in total. The van der Waals surface area contributed by atoms with Crippen LogP contribution in [0.1, 0.15) is 6.42 Å². The summed E-state index contributed by atoms with van der Waals surface area (Å²) < 4.78 is 66.5. The summed E-state index contributed by atoms with van der Waals surface area (Å²) >= 11 is 0. The minimum atomic E-state index is -4.31. The Labute approximate surface area is 133 Å². The van der Waals surface area contributed by atoms with Crippen LogP contribution in [0.2, 0.25) is 0 Å². The first-order chi connectivity index (χ1) is 10.9. The van der Waals surface area contributed by atoms with Crippen LogP contribution in [0.5, 0.6) is 0 Å². The van der Waals surface area contributed by atoms with E-state index in [9.17, 15) is 21.6 Å². The van der Waals surface area contributed by atoms with Crippen LogP contribution in [0.4, 0.5) is 13.2 Å². The van der Waals surface area contributed by atoms with Gasteiger partial charge in [0.05, 0.1) is 0 Å². The third-order valence-corrected chi connectivity index (χ3v) is 6.34. The Morgan fingerprint density at radius 1 is 1.04 bits per heavy atom. The highest BCUT2D eigenvalue weighted by Gasteiger charge is 2.35. The van der Waals surface area contributed by atoms with Crippen LogP contribution in [-0.4, -0.2) is 62.9 Å². The van der Waals surface area contributed by atoms with Gasteiger partial charge in [-0.15, -0.1) is 0 Å². The Hall–Kier alpha value is -1.16. The van der Waals surface area contributed by atoms with Crippen molar-refractivity contribution >= 4 is 10.0 Å². The normalized spacial score (nSPS) is 24.2. The number of nitrogens with one attached hydrogen (secondary N) is 1. The summed E-state index contributed by atoms with van der Waals surface area (Å²) in [6, 6.07) is 1.14. The van der Waals surface area contributed by atoms with E-state index in [2.05, 4.69) is 10.2 Å². The van der Waals surface area contributed by atoms with Crippen LogP contribution in [-0.2, 0) is 10.0 Å². The molecule has 2 fully saturated rings. The second-order valence-corrected chi connectivity index (χ2v) is 7.66. The first-order valence-electron chi connectivity index (χ1n) is 7.49. The molecule has 0 bridgehead atoms. The van der Waals surface area contributed by atoms with Gasteiger partial charge in [-0.05, 0) is 13.0 Å². The number of hydrogen-bond acceptors (Lipinski definition) is 4. The summed E-state index contributed by atoms with van der Waals surface area (Å²) in [4.78, 5) is 1.11. The van der Waals surface area contributed by atoms with E-state index in [0.29, 0.717) is 31.3 Å². The first-order valence-corrected chi connectivity index (χ1v) is 8.93. The molecule has 1 aromatic rings. The Balaban J connectivity index is 1.77. The quantitative estimate of drug-likeness (QED) is 0.876. The standard InChI is InChI=1S/C14H18F3N3O2S/c15-10-7-12(16)14(13(17)8-10)23(21,22)20-5-3-19(4-6-20)11-1-2-18-9-11/h7-8,11,18H,1-6,9H2. The van der Waals surface area contributed by atoms with Crippen molar-refractivity contribution in [1.82, 2.24) is 14.5 Å². The van der Waals surface area contributed by atoms with Crippen molar-refractivity contribution in [2.45, 2.75) is 17.4 Å². The molecule has 1 aromatic carbocycles. The van der Waals surface area contributed by atoms with Gasteiger partial charge in [-0.1, -0.05) is 0 Å². The van der Waals surface area contributed by atoms with E-state index in [1.807, 2.05) is 0 Å². The van der Waals surface area contributed by atoms with Crippen molar-refractivity contribution in [2.24, 2.45) is 0 Å². The van der Waals surface area contributed by atoms with E-state index in [1.165, 1.54) is 0 Å². The molecule has 2 saturated heterocycles. The lowest BCUT2D eigenvalue weighted by molar-refractivity contribution is 0.145. The molecule has 2 aliphatic heterocycles. The Kier molecular flexibility index (Phi) is 4.63. The lowest BCUT2D eigenvalue weighted by Gasteiger charge is -2.37. The highest BCUT2D eigenvalue weighted by atomic mass is 32.2. The van der Waals surface area contributed by atoms with Crippen molar-refractivity contribution < 1.29 is 21.6 Å². The molecule has 9 heteroatoms. The number of piperazine rings is 1. The second kappa shape index (κ2) is 6.39. The van der Waals surface area contributed by atoms with Crippen LogP contribution in [0, 0.1) is 17.5 Å². The van der Waals surface area contributed by atoms with Gasteiger partial charge < -0.3 is 5.32 Å². The van der Waals surface area contributed by atoms with Gasteiger partial charge in [0, 0.05) is 50.9 Å². The third-order valence-electron chi connectivity index (χ3n) is 4.38. The zero-order valence-electron chi connectivity index (χ0n) is 12.4. The molecule has 0 aliphatic carbocycles. The van der Waals surface area contributed by atoms with Crippen LogP contribution >= 0.6 is 0 Å². The molecule has 0 spiro atoms. The number of benzene rings is 1. The van der Waals surface area contributed by atoms with E-state index in [0.717, 1.165) is 23.8 Å². The van der Waals surface area contributed by atoms with Gasteiger partial charge in [0.1, 0.15) is 17.5 Å². The first kappa shape index (κ1) is 16.7. The zero-order chi connectivity index (χ0) is 16.6. The maximum Gasteiger partial charge on any atom is 0.249 e.